The first-order valence-electron chi connectivity index (χ1n) is 5.33. The quantitative estimate of drug-likeness (QED) is 0.879. The first kappa shape index (κ1) is 13.6. The van der Waals surface area contributed by atoms with Crippen LogP contribution < -0.4 is 0 Å². The van der Waals surface area contributed by atoms with Gasteiger partial charge in [0.15, 0.2) is 6.10 Å². The smallest absolute Gasteiger partial charge is 0.333 e. The maximum absolute atomic E-state index is 14.0. The highest BCUT2D eigenvalue weighted by Crippen LogP contribution is 2.32. The lowest BCUT2D eigenvalue weighted by molar-refractivity contribution is -0.152. The fraction of sp³-hybridized carbons (Fsp3) is 0.462. The van der Waals surface area contributed by atoms with E-state index >= 15 is 0 Å². The van der Waals surface area contributed by atoms with Crippen LogP contribution in [0.25, 0.3) is 0 Å². The average Bonchev–Trinajstić information content (AvgIpc) is 2.21. The third-order valence-corrected chi connectivity index (χ3v) is 3.00. The van der Waals surface area contributed by atoms with E-state index in [1.165, 1.54) is 7.11 Å². The zero-order chi connectivity index (χ0) is 13.2. The van der Waals surface area contributed by atoms with Crippen molar-refractivity contribution in [2.24, 2.45) is 0 Å². The molecule has 0 saturated heterocycles. The first-order chi connectivity index (χ1) is 7.82. The molecule has 1 rings (SSSR count). The van der Waals surface area contributed by atoms with Gasteiger partial charge in [-0.05, 0) is 18.1 Å². The van der Waals surface area contributed by atoms with Gasteiger partial charge in [-0.1, -0.05) is 32.0 Å². The summed E-state index contributed by atoms with van der Waals surface area (Å²) in [6.07, 6.45) is -1.08. The highest BCUT2D eigenvalue weighted by atomic mass is 19.1. The van der Waals surface area contributed by atoms with Crippen molar-refractivity contribution < 1.29 is 19.0 Å². The Morgan fingerprint density at radius 2 is 2.06 bits per heavy atom. The maximum atomic E-state index is 14.0. The van der Waals surface area contributed by atoms with Crippen LogP contribution in [0.5, 0.6) is 0 Å². The minimum Gasteiger partial charge on any atom is -0.479 e. The van der Waals surface area contributed by atoms with E-state index in [1.807, 2.05) is 0 Å². The monoisotopic (exact) mass is 240 g/mol. The maximum Gasteiger partial charge on any atom is 0.333 e. The number of halogens is 1. The number of rotatable bonds is 4. The molecule has 1 aromatic rings. The SMILES string of the molecule is COC(C(=O)O)C(C)(C)c1cccc(C)c1F. The van der Waals surface area contributed by atoms with Crippen LogP contribution in [0, 0.1) is 12.7 Å². The second kappa shape index (κ2) is 4.84. The predicted molar refractivity (Wildman–Crippen MR) is 62.6 cm³/mol. The summed E-state index contributed by atoms with van der Waals surface area (Å²) in [4.78, 5) is 11.1. The number of hydrogen-bond acceptors (Lipinski definition) is 2. The average molecular weight is 240 g/mol. The molecule has 0 aliphatic heterocycles. The van der Waals surface area contributed by atoms with E-state index in [1.54, 1.807) is 39.0 Å². The topological polar surface area (TPSA) is 46.5 Å². The van der Waals surface area contributed by atoms with Crippen molar-refractivity contribution >= 4 is 5.97 Å². The number of aryl methyl sites for hydroxylation is 1. The largest absolute Gasteiger partial charge is 0.479 e. The number of ether oxygens (including phenoxy) is 1. The fourth-order valence-corrected chi connectivity index (χ4v) is 1.99. The molecule has 0 amide bonds. The van der Waals surface area contributed by atoms with Crippen molar-refractivity contribution in [3.05, 3.63) is 35.1 Å². The van der Waals surface area contributed by atoms with Gasteiger partial charge in [-0.3, -0.25) is 0 Å². The summed E-state index contributed by atoms with van der Waals surface area (Å²) in [6, 6.07) is 4.96. The van der Waals surface area contributed by atoms with Crippen LogP contribution in [-0.4, -0.2) is 24.3 Å². The third kappa shape index (κ3) is 2.47. The molecule has 94 valence electrons. The van der Waals surface area contributed by atoms with Crippen LogP contribution in [0.3, 0.4) is 0 Å². The Morgan fingerprint density at radius 1 is 1.47 bits per heavy atom. The Hall–Kier alpha value is -1.42. The number of aliphatic carboxylic acids is 1. The van der Waals surface area contributed by atoms with Crippen LogP contribution in [0.4, 0.5) is 4.39 Å². The highest BCUT2D eigenvalue weighted by Gasteiger charge is 2.38. The van der Waals surface area contributed by atoms with Crippen LogP contribution in [-0.2, 0) is 14.9 Å². The fourth-order valence-electron chi connectivity index (χ4n) is 1.99. The molecule has 1 unspecified atom stereocenters. The molecular formula is C13H17FO3. The number of methoxy groups -OCH3 is 1. The zero-order valence-electron chi connectivity index (χ0n) is 10.5. The second-order valence-corrected chi connectivity index (χ2v) is 4.61. The summed E-state index contributed by atoms with van der Waals surface area (Å²) < 4.78 is 19.0. The summed E-state index contributed by atoms with van der Waals surface area (Å²) in [6.45, 7) is 4.97. The van der Waals surface area contributed by atoms with E-state index in [0.717, 1.165) is 0 Å². The molecule has 0 aliphatic carbocycles. The highest BCUT2D eigenvalue weighted by molar-refractivity contribution is 5.74. The van der Waals surface area contributed by atoms with E-state index in [-0.39, 0.29) is 5.82 Å². The minimum absolute atomic E-state index is 0.353. The van der Waals surface area contributed by atoms with Crippen molar-refractivity contribution in [3.8, 4) is 0 Å². The van der Waals surface area contributed by atoms with Gasteiger partial charge in [-0.15, -0.1) is 0 Å². The Labute approximate surface area is 100 Å². The molecular weight excluding hydrogens is 223 g/mol. The Balaban J connectivity index is 3.29. The van der Waals surface area contributed by atoms with Gasteiger partial charge in [-0.2, -0.15) is 0 Å². The number of carbonyl (C=O) groups is 1. The van der Waals surface area contributed by atoms with Crippen LogP contribution in [0.15, 0.2) is 18.2 Å². The molecule has 3 nitrogen and oxygen atoms in total. The zero-order valence-corrected chi connectivity index (χ0v) is 10.5. The van der Waals surface area contributed by atoms with Gasteiger partial charge in [0.05, 0.1) is 0 Å². The summed E-state index contributed by atoms with van der Waals surface area (Å²) >= 11 is 0. The van der Waals surface area contributed by atoms with Gasteiger partial charge < -0.3 is 9.84 Å². The van der Waals surface area contributed by atoms with E-state index < -0.39 is 17.5 Å². The summed E-state index contributed by atoms with van der Waals surface area (Å²) in [5.41, 5.74) is -0.0842. The van der Waals surface area contributed by atoms with Crippen LogP contribution in [0.2, 0.25) is 0 Å². The first-order valence-corrected chi connectivity index (χ1v) is 5.33. The molecule has 0 heterocycles. The van der Waals surface area contributed by atoms with E-state index in [4.69, 9.17) is 9.84 Å². The van der Waals surface area contributed by atoms with Gasteiger partial charge in [0.2, 0.25) is 0 Å². The number of carboxylic acids is 1. The molecule has 0 aliphatic rings. The Bertz CT molecular complexity index is 427. The van der Waals surface area contributed by atoms with Gasteiger partial charge in [0, 0.05) is 12.5 Å². The van der Waals surface area contributed by atoms with Crippen LogP contribution >= 0.6 is 0 Å². The van der Waals surface area contributed by atoms with E-state index in [9.17, 15) is 9.18 Å². The lowest BCUT2D eigenvalue weighted by Gasteiger charge is -2.31. The molecule has 1 N–H and O–H groups in total. The summed E-state index contributed by atoms with van der Waals surface area (Å²) in [5.74, 6) is -1.47. The second-order valence-electron chi connectivity index (χ2n) is 4.61. The van der Waals surface area contributed by atoms with Crippen molar-refractivity contribution in [1.82, 2.24) is 0 Å². The van der Waals surface area contributed by atoms with E-state index in [2.05, 4.69) is 0 Å². The van der Waals surface area contributed by atoms with Crippen molar-refractivity contribution in [2.45, 2.75) is 32.3 Å². The van der Waals surface area contributed by atoms with Gasteiger partial charge in [-0.25, -0.2) is 9.18 Å². The van der Waals surface area contributed by atoms with Gasteiger partial charge in [0.1, 0.15) is 5.82 Å². The molecule has 1 atom stereocenters. The molecule has 0 fully saturated rings. The molecule has 0 spiro atoms. The molecule has 4 heteroatoms. The molecule has 17 heavy (non-hydrogen) atoms. The lowest BCUT2D eigenvalue weighted by atomic mass is 9.78. The third-order valence-electron chi connectivity index (χ3n) is 3.00. The van der Waals surface area contributed by atoms with Gasteiger partial charge >= 0.3 is 5.97 Å². The summed E-state index contributed by atoms with van der Waals surface area (Å²) in [7, 11) is 1.31. The standard InChI is InChI=1S/C13H17FO3/c1-8-6-5-7-9(10(8)14)13(2,3)11(17-4)12(15)16/h5-7,11H,1-4H3,(H,15,16). The molecule has 0 bridgehead atoms. The minimum atomic E-state index is -1.10. The normalized spacial score (nSPS) is 13.5. The Kier molecular flexibility index (Phi) is 3.88. The lowest BCUT2D eigenvalue weighted by Crippen LogP contribution is -2.42. The van der Waals surface area contributed by atoms with Crippen LogP contribution in [0.1, 0.15) is 25.0 Å². The van der Waals surface area contributed by atoms with Crippen molar-refractivity contribution in [1.29, 1.82) is 0 Å². The number of benzene rings is 1. The molecule has 1 aromatic carbocycles. The van der Waals surface area contributed by atoms with E-state index in [0.29, 0.717) is 11.1 Å². The molecule has 0 radical (unpaired) electrons. The summed E-state index contributed by atoms with van der Waals surface area (Å²) in [5, 5.41) is 9.08. The van der Waals surface area contributed by atoms with Crippen molar-refractivity contribution in [2.75, 3.05) is 7.11 Å². The molecule has 0 saturated carbocycles. The van der Waals surface area contributed by atoms with Crippen molar-refractivity contribution in [3.63, 3.8) is 0 Å². The van der Waals surface area contributed by atoms with Gasteiger partial charge in [0.25, 0.3) is 0 Å². The predicted octanol–water partition coefficient (Wildman–Crippen LogP) is 2.51. The molecule has 0 aromatic heterocycles. The Morgan fingerprint density at radius 3 is 2.53 bits per heavy atom. The number of hydrogen-bond donors (Lipinski definition) is 1. The number of carboxylic acid groups (broad SMARTS) is 1.